The first-order valence-electron chi connectivity index (χ1n) is 7.64. The highest BCUT2D eigenvalue weighted by Gasteiger charge is 2.23. The van der Waals surface area contributed by atoms with E-state index in [1.54, 1.807) is 4.57 Å². The summed E-state index contributed by atoms with van der Waals surface area (Å²) in [6, 6.07) is 9.35. The van der Waals surface area contributed by atoms with E-state index in [0.717, 1.165) is 37.7 Å². The zero-order valence-corrected chi connectivity index (χ0v) is 12.3. The minimum atomic E-state index is -0.0579. The molecule has 1 aliphatic heterocycles. The van der Waals surface area contributed by atoms with Crippen LogP contribution in [0.4, 0.5) is 0 Å². The smallest absolute Gasteiger partial charge is 0.270 e. The number of fused-ring (bicyclic) bond motifs is 1. The molecule has 1 aromatic carbocycles. The van der Waals surface area contributed by atoms with Crippen LogP contribution in [0.2, 0.25) is 0 Å². The fraction of sp³-hybridized carbons (Fsp3) is 0.412. The van der Waals surface area contributed by atoms with Crippen molar-refractivity contribution in [2.75, 3.05) is 13.1 Å². The third-order valence-corrected chi connectivity index (χ3v) is 4.08. The maximum Gasteiger partial charge on any atom is 0.270 e. The predicted molar refractivity (Wildman–Crippen MR) is 83.6 cm³/mol. The van der Waals surface area contributed by atoms with Crippen molar-refractivity contribution < 1.29 is 4.79 Å². The topological polar surface area (TPSA) is 42.3 Å². The normalized spacial score (nSPS) is 14.8. The molecule has 1 aromatic heterocycles. The van der Waals surface area contributed by atoms with Crippen molar-refractivity contribution in [1.29, 1.82) is 0 Å². The fourth-order valence-corrected chi connectivity index (χ4v) is 3.00. The predicted octanol–water partition coefficient (Wildman–Crippen LogP) is 2.65. The second-order valence-electron chi connectivity index (χ2n) is 5.57. The molecule has 4 heteroatoms. The number of pyridine rings is 1. The molecule has 0 spiro atoms. The van der Waals surface area contributed by atoms with E-state index < -0.39 is 0 Å². The lowest BCUT2D eigenvalue weighted by Crippen LogP contribution is -2.34. The van der Waals surface area contributed by atoms with Gasteiger partial charge in [0.1, 0.15) is 5.69 Å². The number of hydrogen-bond acceptors (Lipinski definition) is 2. The third kappa shape index (κ3) is 2.46. The van der Waals surface area contributed by atoms with Gasteiger partial charge in [-0.15, -0.1) is 0 Å². The molecule has 1 fully saturated rings. The van der Waals surface area contributed by atoms with E-state index >= 15 is 0 Å². The van der Waals surface area contributed by atoms with Gasteiger partial charge in [0, 0.05) is 25.0 Å². The van der Waals surface area contributed by atoms with Gasteiger partial charge in [-0.05, 0) is 36.8 Å². The Bertz CT molecular complexity index is 727. The van der Waals surface area contributed by atoms with Crippen LogP contribution < -0.4 is 5.56 Å². The first kappa shape index (κ1) is 13.9. The van der Waals surface area contributed by atoms with Crippen LogP contribution in [0.15, 0.2) is 35.1 Å². The number of benzene rings is 1. The molecule has 4 nitrogen and oxygen atoms in total. The summed E-state index contributed by atoms with van der Waals surface area (Å²) < 4.78 is 1.64. The Hall–Kier alpha value is -2.10. The van der Waals surface area contributed by atoms with Gasteiger partial charge >= 0.3 is 0 Å². The molecule has 0 bridgehead atoms. The second-order valence-corrected chi connectivity index (χ2v) is 5.57. The Morgan fingerprint density at radius 2 is 1.90 bits per heavy atom. The molecule has 1 saturated heterocycles. The van der Waals surface area contributed by atoms with E-state index in [9.17, 15) is 9.59 Å². The molecule has 1 amide bonds. The van der Waals surface area contributed by atoms with Gasteiger partial charge in [0.05, 0.1) is 0 Å². The highest BCUT2D eigenvalue weighted by molar-refractivity contribution is 5.96. The van der Waals surface area contributed by atoms with Crippen LogP contribution in [0.25, 0.3) is 10.8 Å². The molecule has 21 heavy (non-hydrogen) atoms. The highest BCUT2D eigenvalue weighted by Crippen LogP contribution is 2.17. The minimum Gasteiger partial charge on any atom is -0.337 e. The number of carbonyl (C=O) groups excluding carboxylic acids is 1. The van der Waals surface area contributed by atoms with Crippen LogP contribution in [0.1, 0.15) is 36.7 Å². The van der Waals surface area contributed by atoms with Crippen molar-refractivity contribution in [1.82, 2.24) is 9.47 Å². The van der Waals surface area contributed by atoms with Gasteiger partial charge in [-0.25, -0.2) is 0 Å². The van der Waals surface area contributed by atoms with Gasteiger partial charge in [-0.3, -0.25) is 9.59 Å². The van der Waals surface area contributed by atoms with Crippen LogP contribution in [-0.2, 0) is 6.54 Å². The molecule has 3 rings (SSSR count). The molecule has 2 heterocycles. The molecular formula is C17H20N2O2. The first-order chi connectivity index (χ1) is 10.2. The summed E-state index contributed by atoms with van der Waals surface area (Å²) in [7, 11) is 0. The maximum atomic E-state index is 12.7. The van der Waals surface area contributed by atoms with E-state index in [2.05, 4.69) is 0 Å². The average molecular weight is 284 g/mol. The molecular weight excluding hydrogens is 264 g/mol. The Balaban J connectivity index is 2.17. The van der Waals surface area contributed by atoms with Crippen LogP contribution in [0.5, 0.6) is 0 Å². The Labute approximate surface area is 124 Å². The summed E-state index contributed by atoms with van der Waals surface area (Å²) in [5, 5.41) is 1.53. The van der Waals surface area contributed by atoms with Crippen LogP contribution >= 0.6 is 0 Å². The number of nitrogens with zero attached hydrogens (tertiary/aromatic N) is 2. The van der Waals surface area contributed by atoms with Crippen LogP contribution in [0.3, 0.4) is 0 Å². The van der Waals surface area contributed by atoms with Gasteiger partial charge in [-0.1, -0.05) is 25.1 Å². The van der Waals surface area contributed by atoms with Crippen molar-refractivity contribution in [2.45, 2.75) is 32.7 Å². The largest absolute Gasteiger partial charge is 0.337 e. The number of likely N-dealkylation sites (tertiary alicyclic amines) is 1. The maximum absolute atomic E-state index is 12.7. The van der Waals surface area contributed by atoms with Crippen molar-refractivity contribution in [3.63, 3.8) is 0 Å². The first-order valence-corrected chi connectivity index (χ1v) is 7.64. The third-order valence-electron chi connectivity index (χ3n) is 4.08. The number of amides is 1. The van der Waals surface area contributed by atoms with E-state index in [4.69, 9.17) is 0 Å². The van der Waals surface area contributed by atoms with Crippen molar-refractivity contribution in [2.24, 2.45) is 0 Å². The molecule has 0 aliphatic carbocycles. The van der Waals surface area contributed by atoms with Gasteiger partial charge in [-0.2, -0.15) is 0 Å². The van der Waals surface area contributed by atoms with E-state index in [1.807, 2.05) is 42.2 Å². The summed E-state index contributed by atoms with van der Waals surface area (Å²) in [5.41, 5.74) is 0.472. The Kier molecular flexibility index (Phi) is 3.78. The summed E-state index contributed by atoms with van der Waals surface area (Å²) in [5.74, 6) is -0.0104. The number of carbonyl (C=O) groups is 1. The van der Waals surface area contributed by atoms with E-state index in [-0.39, 0.29) is 11.5 Å². The average Bonchev–Trinajstić information content (AvgIpc) is 3.04. The van der Waals surface area contributed by atoms with Crippen molar-refractivity contribution in [3.8, 4) is 0 Å². The SMILES string of the molecule is CCCn1c(C(=O)N2CCCC2)cc2ccccc2c1=O. The lowest BCUT2D eigenvalue weighted by molar-refractivity contribution is 0.0780. The summed E-state index contributed by atoms with van der Waals surface area (Å²) in [6.07, 6.45) is 2.94. The summed E-state index contributed by atoms with van der Waals surface area (Å²) in [6.45, 7) is 4.20. The molecule has 1 aliphatic rings. The van der Waals surface area contributed by atoms with E-state index in [1.165, 1.54) is 0 Å². The van der Waals surface area contributed by atoms with Crippen molar-refractivity contribution >= 4 is 16.7 Å². The number of hydrogen-bond donors (Lipinski definition) is 0. The fourth-order valence-electron chi connectivity index (χ4n) is 3.00. The van der Waals surface area contributed by atoms with Gasteiger partial charge in [0.25, 0.3) is 11.5 Å². The molecule has 110 valence electrons. The minimum absolute atomic E-state index is 0.0104. The molecule has 2 aromatic rings. The standard InChI is InChI=1S/C17H20N2O2/c1-2-9-19-15(17(21)18-10-5-6-11-18)12-13-7-3-4-8-14(13)16(19)20/h3-4,7-8,12H,2,5-6,9-11H2,1H3. The summed E-state index contributed by atoms with van der Waals surface area (Å²) >= 11 is 0. The van der Waals surface area contributed by atoms with Gasteiger partial charge in [0.15, 0.2) is 0 Å². The molecule has 0 unspecified atom stereocenters. The Morgan fingerprint density at radius 3 is 2.62 bits per heavy atom. The molecule has 0 N–H and O–H groups in total. The van der Waals surface area contributed by atoms with Crippen LogP contribution in [0, 0.1) is 0 Å². The van der Waals surface area contributed by atoms with Gasteiger partial charge < -0.3 is 9.47 Å². The molecule has 0 atom stereocenters. The van der Waals surface area contributed by atoms with E-state index in [0.29, 0.717) is 17.6 Å². The van der Waals surface area contributed by atoms with Crippen LogP contribution in [-0.4, -0.2) is 28.5 Å². The van der Waals surface area contributed by atoms with Crippen molar-refractivity contribution in [3.05, 3.63) is 46.4 Å². The number of rotatable bonds is 3. The number of aromatic nitrogens is 1. The molecule has 0 radical (unpaired) electrons. The Morgan fingerprint density at radius 1 is 1.19 bits per heavy atom. The van der Waals surface area contributed by atoms with Gasteiger partial charge in [0.2, 0.25) is 0 Å². The zero-order chi connectivity index (χ0) is 14.8. The monoisotopic (exact) mass is 284 g/mol. The lowest BCUT2D eigenvalue weighted by atomic mass is 10.1. The molecule has 0 saturated carbocycles. The second kappa shape index (κ2) is 5.72. The zero-order valence-electron chi connectivity index (χ0n) is 12.3. The quantitative estimate of drug-likeness (QED) is 0.869. The summed E-state index contributed by atoms with van der Waals surface area (Å²) in [4.78, 5) is 27.2. The highest BCUT2D eigenvalue weighted by atomic mass is 16.2. The lowest BCUT2D eigenvalue weighted by Gasteiger charge is -2.19.